The van der Waals surface area contributed by atoms with Crippen LogP contribution in [-0.4, -0.2) is 11.3 Å². The van der Waals surface area contributed by atoms with Crippen LogP contribution in [0.15, 0.2) is 5.18 Å². The molecule has 0 aliphatic heterocycles. The molecule has 0 aromatic carbocycles. The van der Waals surface area contributed by atoms with Gasteiger partial charge in [0.1, 0.15) is 0 Å². The highest BCUT2D eigenvalue weighted by atomic mass is 16.5. The van der Waals surface area contributed by atoms with E-state index >= 15 is 0 Å². The summed E-state index contributed by atoms with van der Waals surface area (Å²) >= 11 is 0. The van der Waals surface area contributed by atoms with Gasteiger partial charge >= 0.3 is 0 Å². The first-order chi connectivity index (χ1) is 4.27. The van der Waals surface area contributed by atoms with Crippen LogP contribution in [0.25, 0.3) is 0 Å². The lowest BCUT2D eigenvalue weighted by Gasteiger charge is -2.27. The fourth-order valence-corrected chi connectivity index (χ4v) is 0.768. The zero-order valence-electron chi connectivity index (χ0n) is 7.26. The van der Waals surface area contributed by atoms with E-state index in [1.807, 2.05) is 20.8 Å². The van der Waals surface area contributed by atoms with Crippen molar-refractivity contribution in [3.8, 4) is 0 Å². The van der Waals surface area contributed by atoms with E-state index in [1.54, 1.807) is 13.8 Å². The highest BCUT2D eigenvalue weighted by Gasteiger charge is 2.25. The van der Waals surface area contributed by atoms with Crippen molar-refractivity contribution in [3.63, 3.8) is 0 Å². The van der Waals surface area contributed by atoms with Crippen molar-refractivity contribution >= 4 is 0 Å². The van der Waals surface area contributed by atoms with Crippen LogP contribution < -0.4 is 0 Å². The van der Waals surface area contributed by atoms with E-state index in [0.717, 1.165) is 0 Å². The molecule has 0 heterocycles. The van der Waals surface area contributed by atoms with Gasteiger partial charge in [-0.1, -0.05) is 0 Å². The minimum absolute atomic E-state index is 0.308. The number of hydrogen-bond acceptors (Lipinski definition) is 3. The second-order valence-corrected chi connectivity index (χ2v) is 3.75. The molecular weight excluding hydrogens is 130 g/mol. The quantitative estimate of drug-likeness (QED) is 0.559. The SMILES string of the molecule is CC(C)(C)OC(C)(C)N=O. The molecular formula is C7H15NO2. The molecule has 10 heavy (non-hydrogen) atoms. The van der Waals surface area contributed by atoms with Crippen molar-refractivity contribution in [2.45, 2.75) is 45.9 Å². The number of ether oxygens (including phenoxy) is 1. The molecule has 3 heteroatoms. The average molecular weight is 145 g/mol. The summed E-state index contributed by atoms with van der Waals surface area (Å²) in [5.74, 6) is 0. The third-order valence-electron chi connectivity index (χ3n) is 0.776. The van der Waals surface area contributed by atoms with Crippen LogP contribution in [0.3, 0.4) is 0 Å². The number of nitrogens with zero attached hydrogens (tertiary/aromatic N) is 1. The number of hydrogen-bond donors (Lipinski definition) is 0. The molecule has 0 spiro atoms. The highest BCUT2D eigenvalue weighted by molar-refractivity contribution is 4.70. The Morgan fingerprint density at radius 3 is 1.60 bits per heavy atom. The maximum Gasteiger partial charge on any atom is 0.194 e. The molecule has 0 aromatic rings. The van der Waals surface area contributed by atoms with Crippen LogP contribution in [0.4, 0.5) is 0 Å². The average Bonchev–Trinajstić information content (AvgIpc) is 1.60. The summed E-state index contributed by atoms with van der Waals surface area (Å²) < 4.78 is 5.30. The van der Waals surface area contributed by atoms with Crippen LogP contribution in [0.1, 0.15) is 34.6 Å². The molecule has 0 rings (SSSR count). The first-order valence-corrected chi connectivity index (χ1v) is 3.31. The molecule has 0 N–H and O–H groups in total. The highest BCUT2D eigenvalue weighted by Crippen LogP contribution is 2.19. The molecule has 3 nitrogen and oxygen atoms in total. The maximum absolute atomic E-state index is 10.1. The molecule has 0 unspecified atom stereocenters. The fraction of sp³-hybridized carbons (Fsp3) is 1.00. The number of rotatable bonds is 2. The van der Waals surface area contributed by atoms with Gasteiger partial charge in [-0.25, -0.2) is 0 Å². The lowest BCUT2D eigenvalue weighted by Crippen LogP contribution is -2.32. The molecule has 60 valence electrons. The molecule has 0 bridgehead atoms. The Hall–Kier alpha value is -0.440. The maximum atomic E-state index is 10.1. The molecule has 0 aromatic heterocycles. The molecule has 0 aliphatic rings. The zero-order chi connectivity index (χ0) is 8.41. The minimum Gasteiger partial charge on any atom is -0.345 e. The van der Waals surface area contributed by atoms with Gasteiger partial charge in [-0.05, 0) is 39.8 Å². The summed E-state index contributed by atoms with van der Waals surface area (Å²) in [5, 5.41) is 2.83. The van der Waals surface area contributed by atoms with Gasteiger partial charge in [0.15, 0.2) is 5.72 Å². The fourth-order valence-electron chi connectivity index (χ4n) is 0.768. The monoisotopic (exact) mass is 145 g/mol. The van der Waals surface area contributed by atoms with Crippen LogP contribution in [-0.2, 0) is 4.74 Å². The van der Waals surface area contributed by atoms with Crippen molar-refractivity contribution in [1.29, 1.82) is 0 Å². The van der Waals surface area contributed by atoms with Crippen molar-refractivity contribution in [2.75, 3.05) is 0 Å². The van der Waals surface area contributed by atoms with Crippen LogP contribution in [0.2, 0.25) is 0 Å². The smallest absolute Gasteiger partial charge is 0.194 e. The summed E-state index contributed by atoms with van der Waals surface area (Å²) in [6, 6.07) is 0. The molecule has 0 radical (unpaired) electrons. The molecule has 0 amide bonds. The zero-order valence-corrected chi connectivity index (χ0v) is 7.26. The third kappa shape index (κ3) is 4.44. The van der Waals surface area contributed by atoms with Gasteiger partial charge in [0.05, 0.1) is 5.60 Å². The van der Waals surface area contributed by atoms with Gasteiger partial charge < -0.3 is 4.74 Å². The molecule has 0 fully saturated rings. The van der Waals surface area contributed by atoms with Gasteiger partial charge in [0.25, 0.3) is 0 Å². The lowest BCUT2D eigenvalue weighted by atomic mass is 10.1. The molecule has 0 atom stereocenters. The van der Waals surface area contributed by atoms with E-state index in [0.29, 0.717) is 0 Å². The van der Waals surface area contributed by atoms with Crippen LogP contribution in [0.5, 0.6) is 0 Å². The third-order valence-corrected chi connectivity index (χ3v) is 0.776. The Morgan fingerprint density at radius 1 is 1.10 bits per heavy atom. The predicted molar refractivity (Wildman–Crippen MR) is 40.7 cm³/mol. The van der Waals surface area contributed by atoms with Crippen molar-refractivity contribution in [2.24, 2.45) is 5.18 Å². The topological polar surface area (TPSA) is 38.7 Å². The normalized spacial score (nSPS) is 13.3. The van der Waals surface area contributed by atoms with Crippen molar-refractivity contribution in [1.82, 2.24) is 0 Å². The largest absolute Gasteiger partial charge is 0.345 e. The van der Waals surface area contributed by atoms with Crippen molar-refractivity contribution < 1.29 is 4.74 Å². The van der Waals surface area contributed by atoms with Gasteiger partial charge in [-0.3, -0.25) is 0 Å². The minimum atomic E-state index is -0.905. The molecule has 0 aliphatic carbocycles. The lowest BCUT2D eigenvalue weighted by molar-refractivity contribution is -0.108. The van der Waals surface area contributed by atoms with Gasteiger partial charge in [-0.2, -0.15) is 0 Å². The first-order valence-electron chi connectivity index (χ1n) is 3.31. The second kappa shape index (κ2) is 2.66. The van der Waals surface area contributed by atoms with Crippen LogP contribution >= 0.6 is 0 Å². The van der Waals surface area contributed by atoms with E-state index in [1.165, 1.54) is 0 Å². The van der Waals surface area contributed by atoms with E-state index < -0.39 is 5.72 Å². The second-order valence-electron chi connectivity index (χ2n) is 3.75. The number of nitroso groups, excluding NO2 is 1. The summed E-state index contributed by atoms with van der Waals surface area (Å²) in [7, 11) is 0. The Kier molecular flexibility index (Phi) is 2.54. The van der Waals surface area contributed by atoms with E-state index in [2.05, 4.69) is 5.18 Å². The molecule has 0 saturated heterocycles. The summed E-state index contributed by atoms with van der Waals surface area (Å²) in [5.41, 5.74) is -1.21. The predicted octanol–water partition coefficient (Wildman–Crippen LogP) is 2.30. The molecule has 0 saturated carbocycles. The Labute approximate surface area is 61.7 Å². The Morgan fingerprint density at radius 2 is 1.50 bits per heavy atom. The van der Waals surface area contributed by atoms with E-state index in [-0.39, 0.29) is 5.60 Å². The standard InChI is InChI=1S/C7H15NO2/c1-6(2,3)10-7(4,5)8-9/h1-5H3. The van der Waals surface area contributed by atoms with E-state index in [4.69, 9.17) is 4.74 Å². The van der Waals surface area contributed by atoms with E-state index in [9.17, 15) is 4.91 Å². The summed E-state index contributed by atoms with van der Waals surface area (Å²) in [6.07, 6.45) is 0. The summed E-state index contributed by atoms with van der Waals surface area (Å²) in [6.45, 7) is 8.95. The Balaban J connectivity index is 4.01. The van der Waals surface area contributed by atoms with Crippen molar-refractivity contribution in [3.05, 3.63) is 4.91 Å². The van der Waals surface area contributed by atoms with Gasteiger partial charge in [0, 0.05) is 0 Å². The van der Waals surface area contributed by atoms with Gasteiger partial charge in [-0.15, -0.1) is 4.91 Å². The Bertz CT molecular complexity index is 124. The first kappa shape index (κ1) is 9.56. The van der Waals surface area contributed by atoms with Gasteiger partial charge in [0.2, 0.25) is 0 Å². The summed E-state index contributed by atoms with van der Waals surface area (Å²) in [4.78, 5) is 10.1. The van der Waals surface area contributed by atoms with Crippen LogP contribution in [0, 0.1) is 4.91 Å².